The first kappa shape index (κ1) is 17.3. The third-order valence-electron chi connectivity index (χ3n) is 3.90. The number of imide groups is 1. The number of hydrogen-bond acceptors (Lipinski definition) is 4. The SMILES string of the molecule is CC[C@]1(C)NC(=O)N(CCCNC(=O)NCc2cccs2)C1=O. The van der Waals surface area contributed by atoms with Gasteiger partial charge in [-0.25, -0.2) is 9.59 Å². The van der Waals surface area contributed by atoms with E-state index in [2.05, 4.69) is 16.0 Å². The Morgan fingerprint density at radius 1 is 1.39 bits per heavy atom. The molecule has 2 rings (SSSR count). The van der Waals surface area contributed by atoms with E-state index >= 15 is 0 Å². The zero-order valence-electron chi connectivity index (χ0n) is 13.3. The van der Waals surface area contributed by atoms with Crippen LogP contribution in [0.1, 0.15) is 31.6 Å². The maximum absolute atomic E-state index is 12.2. The summed E-state index contributed by atoms with van der Waals surface area (Å²) in [6.45, 7) is 4.78. The third kappa shape index (κ3) is 4.22. The summed E-state index contributed by atoms with van der Waals surface area (Å²) in [5, 5.41) is 10.1. The molecule has 0 bridgehead atoms. The standard InChI is InChI=1S/C15H22N4O3S/c1-3-15(2)12(20)19(14(22)18-15)8-5-7-16-13(21)17-10-11-6-4-9-23-11/h4,6,9H,3,5,7-8,10H2,1-2H3,(H,18,22)(H2,16,17,21)/t15-/m0/s1. The summed E-state index contributed by atoms with van der Waals surface area (Å²) < 4.78 is 0. The van der Waals surface area contributed by atoms with Crippen molar-refractivity contribution in [3.05, 3.63) is 22.4 Å². The van der Waals surface area contributed by atoms with Crippen molar-refractivity contribution in [1.29, 1.82) is 0 Å². The fourth-order valence-electron chi connectivity index (χ4n) is 2.27. The zero-order chi connectivity index (χ0) is 16.9. The van der Waals surface area contributed by atoms with E-state index in [1.165, 1.54) is 4.90 Å². The average Bonchev–Trinajstić information content (AvgIpc) is 3.11. The second-order valence-corrected chi connectivity index (χ2v) is 6.65. The van der Waals surface area contributed by atoms with E-state index in [0.717, 1.165) is 4.88 Å². The first-order chi connectivity index (χ1) is 11.0. The maximum atomic E-state index is 12.2. The molecule has 2 heterocycles. The van der Waals surface area contributed by atoms with Gasteiger partial charge in [0.15, 0.2) is 0 Å². The molecular weight excluding hydrogens is 316 g/mol. The zero-order valence-corrected chi connectivity index (χ0v) is 14.2. The molecule has 1 aliphatic rings. The minimum absolute atomic E-state index is 0.202. The second-order valence-electron chi connectivity index (χ2n) is 5.61. The van der Waals surface area contributed by atoms with Gasteiger partial charge in [0.2, 0.25) is 0 Å². The van der Waals surface area contributed by atoms with Crippen LogP contribution in [0, 0.1) is 0 Å². The summed E-state index contributed by atoms with van der Waals surface area (Å²) in [4.78, 5) is 37.9. The Kier molecular flexibility index (Phi) is 5.59. The molecule has 5 amide bonds. The van der Waals surface area contributed by atoms with Gasteiger partial charge in [-0.05, 0) is 31.2 Å². The molecule has 0 aliphatic carbocycles. The predicted molar refractivity (Wildman–Crippen MR) is 88.1 cm³/mol. The lowest BCUT2D eigenvalue weighted by Crippen LogP contribution is -2.43. The molecule has 0 spiro atoms. The largest absolute Gasteiger partial charge is 0.338 e. The number of thiophene rings is 1. The Morgan fingerprint density at radius 2 is 2.17 bits per heavy atom. The van der Waals surface area contributed by atoms with Gasteiger partial charge in [-0.1, -0.05) is 13.0 Å². The van der Waals surface area contributed by atoms with Gasteiger partial charge in [-0.3, -0.25) is 9.69 Å². The number of nitrogens with one attached hydrogen (secondary N) is 3. The number of nitrogens with zero attached hydrogens (tertiary/aromatic N) is 1. The minimum Gasteiger partial charge on any atom is -0.338 e. The van der Waals surface area contributed by atoms with Gasteiger partial charge >= 0.3 is 12.1 Å². The molecule has 1 aromatic rings. The van der Waals surface area contributed by atoms with Crippen LogP contribution in [0.3, 0.4) is 0 Å². The van der Waals surface area contributed by atoms with Crippen LogP contribution in [0.25, 0.3) is 0 Å². The first-order valence-electron chi connectivity index (χ1n) is 7.64. The lowest BCUT2D eigenvalue weighted by atomic mass is 9.99. The molecule has 7 nitrogen and oxygen atoms in total. The van der Waals surface area contributed by atoms with Crippen LogP contribution in [-0.4, -0.2) is 41.5 Å². The number of carbonyl (C=O) groups excluding carboxylic acids is 3. The number of urea groups is 2. The van der Waals surface area contributed by atoms with E-state index < -0.39 is 5.54 Å². The predicted octanol–water partition coefficient (Wildman–Crippen LogP) is 1.66. The van der Waals surface area contributed by atoms with Gasteiger partial charge in [0.05, 0.1) is 6.54 Å². The Bertz CT molecular complexity index is 575. The Labute approximate surface area is 139 Å². The number of carbonyl (C=O) groups is 3. The van der Waals surface area contributed by atoms with E-state index in [0.29, 0.717) is 32.5 Å². The van der Waals surface area contributed by atoms with Crippen LogP contribution in [0.15, 0.2) is 17.5 Å². The van der Waals surface area contributed by atoms with E-state index in [4.69, 9.17) is 0 Å². The lowest BCUT2D eigenvalue weighted by Gasteiger charge is -2.19. The molecule has 126 valence electrons. The van der Waals surface area contributed by atoms with E-state index in [9.17, 15) is 14.4 Å². The quantitative estimate of drug-likeness (QED) is 0.522. The minimum atomic E-state index is -0.803. The van der Waals surface area contributed by atoms with Crippen LogP contribution in [0.2, 0.25) is 0 Å². The van der Waals surface area contributed by atoms with Gasteiger partial charge in [0.25, 0.3) is 5.91 Å². The molecule has 3 N–H and O–H groups in total. The van der Waals surface area contributed by atoms with E-state index in [1.807, 2.05) is 24.4 Å². The number of rotatable bonds is 7. The summed E-state index contributed by atoms with van der Waals surface area (Å²) in [5.41, 5.74) is -0.803. The van der Waals surface area contributed by atoms with Crippen molar-refractivity contribution in [2.45, 2.75) is 38.8 Å². The highest BCUT2D eigenvalue weighted by Gasteiger charge is 2.45. The van der Waals surface area contributed by atoms with Crippen LogP contribution in [0.4, 0.5) is 9.59 Å². The summed E-state index contributed by atoms with van der Waals surface area (Å²) >= 11 is 1.58. The number of hydrogen-bond donors (Lipinski definition) is 3. The maximum Gasteiger partial charge on any atom is 0.325 e. The summed E-state index contributed by atoms with van der Waals surface area (Å²) in [5.74, 6) is -0.202. The molecule has 1 fully saturated rings. The van der Waals surface area contributed by atoms with Gasteiger partial charge in [-0.2, -0.15) is 0 Å². The molecule has 0 saturated carbocycles. The molecular formula is C15H22N4O3S. The van der Waals surface area contributed by atoms with Crippen molar-refractivity contribution in [3.63, 3.8) is 0 Å². The average molecular weight is 338 g/mol. The van der Waals surface area contributed by atoms with Gasteiger partial charge < -0.3 is 16.0 Å². The molecule has 1 saturated heterocycles. The summed E-state index contributed by atoms with van der Waals surface area (Å²) in [7, 11) is 0. The van der Waals surface area contributed by atoms with Crippen LogP contribution in [-0.2, 0) is 11.3 Å². The second kappa shape index (κ2) is 7.45. The molecule has 0 radical (unpaired) electrons. The van der Waals surface area contributed by atoms with Crippen molar-refractivity contribution in [3.8, 4) is 0 Å². The highest BCUT2D eigenvalue weighted by molar-refractivity contribution is 7.09. The Balaban J connectivity index is 1.66. The highest BCUT2D eigenvalue weighted by atomic mass is 32.1. The molecule has 1 atom stereocenters. The molecule has 1 aliphatic heterocycles. The topological polar surface area (TPSA) is 90.5 Å². The fourth-order valence-corrected chi connectivity index (χ4v) is 2.92. The first-order valence-corrected chi connectivity index (χ1v) is 8.52. The Hall–Kier alpha value is -2.09. The van der Waals surface area contributed by atoms with Crippen LogP contribution >= 0.6 is 11.3 Å². The van der Waals surface area contributed by atoms with Crippen molar-refractivity contribution >= 4 is 29.3 Å². The number of amides is 5. The molecule has 0 aromatic carbocycles. The normalized spacial score (nSPS) is 20.5. The molecule has 0 unspecified atom stereocenters. The van der Waals surface area contributed by atoms with Crippen LogP contribution in [0.5, 0.6) is 0 Å². The van der Waals surface area contributed by atoms with E-state index in [1.54, 1.807) is 18.3 Å². The third-order valence-corrected chi connectivity index (χ3v) is 4.78. The highest BCUT2D eigenvalue weighted by Crippen LogP contribution is 2.20. The summed E-state index contributed by atoms with van der Waals surface area (Å²) in [6.07, 6.45) is 1.07. The van der Waals surface area contributed by atoms with Crippen molar-refractivity contribution in [2.24, 2.45) is 0 Å². The fraction of sp³-hybridized carbons (Fsp3) is 0.533. The van der Waals surface area contributed by atoms with Gasteiger partial charge in [-0.15, -0.1) is 11.3 Å². The molecule has 23 heavy (non-hydrogen) atoms. The Morgan fingerprint density at radius 3 is 2.78 bits per heavy atom. The van der Waals surface area contributed by atoms with Gasteiger partial charge in [0.1, 0.15) is 5.54 Å². The van der Waals surface area contributed by atoms with Crippen molar-refractivity contribution in [2.75, 3.05) is 13.1 Å². The van der Waals surface area contributed by atoms with E-state index in [-0.39, 0.29) is 18.0 Å². The molecule has 8 heteroatoms. The van der Waals surface area contributed by atoms with Crippen molar-refractivity contribution < 1.29 is 14.4 Å². The monoisotopic (exact) mass is 338 g/mol. The smallest absolute Gasteiger partial charge is 0.325 e. The molecule has 1 aromatic heterocycles. The lowest BCUT2D eigenvalue weighted by molar-refractivity contribution is -0.130. The van der Waals surface area contributed by atoms with Gasteiger partial charge in [0, 0.05) is 18.0 Å². The van der Waals surface area contributed by atoms with Crippen LogP contribution < -0.4 is 16.0 Å². The summed E-state index contributed by atoms with van der Waals surface area (Å²) in [6, 6.07) is 3.27. The van der Waals surface area contributed by atoms with Crippen molar-refractivity contribution in [1.82, 2.24) is 20.9 Å².